The molecule has 0 radical (unpaired) electrons. The Bertz CT molecular complexity index is 611. The van der Waals surface area contributed by atoms with E-state index in [-0.39, 0.29) is 5.56 Å². The van der Waals surface area contributed by atoms with Crippen LogP contribution in [0.25, 0.3) is 10.9 Å². The molecule has 0 spiro atoms. The average molecular weight is 260 g/mol. The zero-order valence-corrected chi connectivity index (χ0v) is 10.9. The van der Waals surface area contributed by atoms with Crippen LogP contribution in [-0.4, -0.2) is 40.9 Å². The Morgan fingerprint density at radius 3 is 2.74 bits per heavy atom. The van der Waals surface area contributed by atoms with E-state index in [9.17, 15) is 15.0 Å². The van der Waals surface area contributed by atoms with Gasteiger partial charge in [-0.25, -0.2) is 4.79 Å². The number of carboxylic acid groups (broad SMARTS) is 1. The van der Waals surface area contributed by atoms with Gasteiger partial charge in [0.1, 0.15) is 5.56 Å². The monoisotopic (exact) mass is 260 g/mol. The second kappa shape index (κ2) is 5.24. The molecule has 5 nitrogen and oxygen atoms in total. The summed E-state index contributed by atoms with van der Waals surface area (Å²) in [5.74, 6) is -1.02. The summed E-state index contributed by atoms with van der Waals surface area (Å²) in [4.78, 5) is 17.2. The second-order valence-corrected chi connectivity index (χ2v) is 4.57. The minimum Gasteiger partial charge on any atom is -0.478 e. The summed E-state index contributed by atoms with van der Waals surface area (Å²) in [5, 5.41) is 19.5. The van der Waals surface area contributed by atoms with Gasteiger partial charge in [-0.2, -0.15) is 0 Å². The van der Waals surface area contributed by atoms with Crippen LogP contribution in [0.15, 0.2) is 30.5 Å². The highest BCUT2D eigenvalue weighted by Crippen LogP contribution is 2.28. The van der Waals surface area contributed by atoms with Gasteiger partial charge in [-0.15, -0.1) is 0 Å². The highest BCUT2D eigenvalue weighted by Gasteiger charge is 2.18. The van der Waals surface area contributed by atoms with Crippen molar-refractivity contribution in [3.63, 3.8) is 0 Å². The van der Waals surface area contributed by atoms with Crippen LogP contribution in [0.3, 0.4) is 0 Å². The molecule has 0 aliphatic rings. The van der Waals surface area contributed by atoms with Gasteiger partial charge in [-0.1, -0.05) is 18.2 Å². The Kier molecular flexibility index (Phi) is 3.66. The molecule has 1 unspecified atom stereocenters. The van der Waals surface area contributed by atoms with E-state index >= 15 is 0 Å². The number of hydrogen-bond donors (Lipinski definition) is 2. The Labute approximate surface area is 111 Å². The van der Waals surface area contributed by atoms with Crippen LogP contribution in [0.1, 0.15) is 17.3 Å². The number of aliphatic hydroxyl groups is 1. The van der Waals surface area contributed by atoms with E-state index in [4.69, 9.17) is 0 Å². The summed E-state index contributed by atoms with van der Waals surface area (Å²) in [5.41, 5.74) is 1.46. The number of hydrogen-bond acceptors (Lipinski definition) is 4. The number of pyridine rings is 1. The third-order valence-electron chi connectivity index (χ3n) is 2.90. The van der Waals surface area contributed by atoms with Gasteiger partial charge in [0.15, 0.2) is 0 Å². The molecule has 0 saturated heterocycles. The average Bonchev–Trinajstić information content (AvgIpc) is 2.36. The van der Waals surface area contributed by atoms with Crippen molar-refractivity contribution >= 4 is 22.6 Å². The summed E-state index contributed by atoms with van der Waals surface area (Å²) in [6.45, 7) is 2.02. The molecule has 0 fully saturated rings. The lowest BCUT2D eigenvalue weighted by Gasteiger charge is -2.24. The molecule has 2 aromatic rings. The first-order chi connectivity index (χ1) is 9.00. The van der Waals surface area contributed by atoms with Crippen LogP contribution >= 0.6 is 0 Å². The van der Waals surface area contributed by atoms with Crippen LogP contribution in [0.5, 0.6) is 0 Å². The molecule has 2 N–H and O–H groups in total. The minimum absolute atomic E-state index is 0.141. The molecule has 1 atom stereocenters. The normalized spacial score (nSPS) is 12.4. The fourth-order valence-electron chi connectivity index (χ4n) is 2.18. The van der Waals surface area contributed by atoms with E-state index in [0.717, 1.165) is 10.9 Å². The molecule has 1 heterocycles. The maximum atomic E-state index is 11.3. The van der Waals surface area contributed by atoms with Crippen molar-refractivity contribution in [2.75, 3.05) is 18.5 Å². The molecule has 0 amide bonds. The molecule has 0 saturated carbocycles. The Morgan fingerprint density at radius 1 is 1.42 bits per heavy atom. The highest BCUT2D eigenvalue weighted by molar-refractivity contribution is 6.04. The summed E-state index contributed by atoms with van der Waals surface area (Å²) < 4.78 is 0. The Hall–Kier alpha value is -2.14. The topological polar surface area (TPSA) is 73.7 Å². The number of rotatable bonds is 4. The number of aromatic carboxylic acids is 1. The molecule has 0 bridgehead atoms. The van der Waals surface area contributed by atoms with Gasteiger partial charge >= 0.3 is 5.97 Å². The molecule has 100 valence electrons. The number of anilines is 1. The zero-order valence-electron chi connectivity index (χ0n) is 10.9. The third-order valence-corrected chi connectivity index (χ3v) is 2.90. The second-order valence-electron chi connectivity index (χ2n) is 4.57. The molecule has 0 aliphatic heterocycles. The van der Waals surface area contributed by atoms with Crippen LogP contribution < -0.4 is 4.90 Å². The number of nitrogens with zero attached hydrogens (tertiary/aromatic N) is 2. The van der Waals surface area contributed by atoms with Crippen LogP contribution in [0.2, 0.25) is 0 Å². The number of aliphatic hydroxyl groups excluding tert-OH is 1. The van der Waals surface area contributed by atoms with Gasteiger partial charge in [0.05, 0.1) is 17.3 Å². The van der Waals surface area contributed by atoms with Gasteiger partial charge in [-0.05, 0) is 13.0 Å². The van der Waals surface area contributed by atoms with E-state index in [1.54, 1.807) is 18.9 Å². The lowest BCUT2D eigenvalue weighted by atomic mass is 10.1. The number of carboxylic acids is 1. The smallest absolute Gasteiger partial charge is 0.339 e. The number of carbonyl (C=O) groups is 1. The van der Waals surface area contributed by atoms with Crippen molar-refractivity contribution in [2.24, 2.45) is 0 Å². The number of para-hydroxylation sites is 1. The van der Waals surface area contributed by atoms with Crippen LogP contribution in [0.4, 0.5) is 5.69 Å². The molecule has 1 aromatic heterocycles. The summed E-state index contributed by atoms with van der Waals surface area (Å²) in [6.07, 6.45) is 0.817. The maximum absolute atomic E-state index is 11.3. The molecular formula is C14H16N2O3. The standard InChI is InChI=1S/C14H16N2O3/c1-9(17)8-16(2)13-10-5-3-4-6-12(10)15-7-11(13)14(18)19/h3-7,9,17H,8H2,1-2H3,(H,18,19). The van der Waals surface area contributed by atoms with E-state index in [2.05, 4.69) is 4.98 Å². The van der Waals surface area contributed by atoms with Gasteiger partial charge in [0, 0.05) is 25.2 Å². The van der Waals surface area contributed by atoms with Crippen molar-refractivity contribution < 1.29 is 15.0 Å². The van der Waals surface area contributed by atoms with Crippen LogP contribution in [-0.2, 0) is 0 Å². The zero-order chi connectivity index (χ0) is 14.0. The van der Waals surface area contributed by atoms with Crippen molar-refractivity contribution in [3.05, 3.63) is 36.0 Å². The molecular weight excluding hydrogens is 244 g/mol. The first kappa shape index (κ1) is 13.3. The molecule has 19 heavy (non-hydrogen) atoms. The Morgan fingerprint density at radius 2 is 2.11 bits per heavy atom. The van der Waals surface area contributed by atoms with E-state index in [1.807, 2.05) is 24.3 Å². The van der Waals surface area contributed by atoms with E-state index in [1.165, 1.54) is 6.20 Å². The van der Waals surface area contributed by atoms with Gasteiger partial charge in [-0.3, -0.25) is 4.98 Å². The quantitative estimate of drug-likeness (QED) is 0.876. The SMILES string of the molecule is CC(O)CN(C)c1c(C(=O)O)cnc2ccccc12. The van der Waals surface area contributed by atoms with Gasteiger partial charge in [0.25, 0.3) is 0 Å². The lowest BCUT2D eigenvalue weighted by molar-refractivity contribution is 0.0697. The predicted molar refractivity (Wildman–Crippen MR) is 73.7 cm³/mol. The fourth-order valence-corrected chi connectivity index (χ4v) is 2.18. The highest BCUT2D eigenvalue weighted by atomic mass is 16.4. The molecule has 5 heteroatoms. The number of likely N-dealkylation sites (N-methyl/N-ethyl adjacent to an activating group) is 1. The number of aromatic nitrogens is 1. The predicted octanol–water partition coefficient (Wildman–Crippen LogP) is 1.75. The maximum Gasteiger partial charge on any atom is 0.339 e. The summed E-state index contributed by atoms with van der Waals surface area (Å²) in [7, 11) is 1.76. The summed E-state index contributed by atoms with van der Waals surface area (Å²) >= 11 is 0. The van der Waals surface area contributed by atoms with Crippen molar-refractivity contribution in [1.82, 2.24) is 4.98 Å². The number of fused-ring (bicyclic) bond motifs is 1. The first-order valence-corrected chi connectivity index (χ1v) is 6.01. The minimum atomic E-state index is -1.02. The molecule has 2 rings (SSSR count). The van der Waals surface area contributed by atoms with E-state index < -0.39 is 12.1 Å². The van der Waals surface area contributed by atoms with Crippen molar-refractivity contribution in [3.8, 4) is 0 Å². The Balaban J connectivity index is 2.65. The van der Waals surface area contributed by atoms with Gasteiger partial charge < -0.3 is 15.1 Å². The van der Waals surface area contributed by atoms with Crippen molar-refractivity contribution in [2.45, 2.75) is 13.0 Å². The summed E-state index contributed by atoms with van der Waals surface area (Å²) in [6, 6.07) is 7.37. The number of benzene rings is 1. The molecule has 1 aromatic carbocycles. The lowest BCUT2D eigenvalue weighted by Crippen LogP contribution is -2.28. The van der Waals surface area contributed by atoms with Crippen LogP contribution in [0, 0.1) is 0 Å². The first-order valence-electron chi connectivity index (χ1n) is 6.01. The van der Waals surface area contributed by atoms with Gasteiger partial charge in [0.2, 0.25) is 0 Å². The largest absolute Gasteiger partial charge is 0.478 e. The fraction of sp³-hybridized carbons (Fsp3) is 0.286. The van der Waals surface area contributed by atoms with Crippen molar-refractivity contribution in [1.29, 1.82) is 0 Å². The third kappa shape index (κ3) is 2.66. The molecule has 0 aliphatic carbocycles. The van der Waals surface area contributed by atoms with E-state index in [0.29, 0.717) is 12.2 Å².